The quantitative estimate of drug-likeness (QED) is 0.680. The Bertz CT molecular complexity index is 802. The molecule has 3 aromatic rings. The van der Waals surface area contributed by atoms with Crippen LogP contribution in [0, 0.1) is 6.92 Å². The number of carbonyl (C=O) groups is 1. The summed E-state index contributed by atoms with van der Waals surface area (Å²) in [5, 5.41) is 0. The maximum absolute atomic E-state index is 12.6. The fourth-order valence-electron chi connectivity index (χ4n) is 2.69. The molecule has 1 heterocycles. The summed E-state index contributed by atoms with van der Waals surface area (Å²) in [5.74, 6) is 1.09. The number of hydrogen-bond acceptors (Lipinski definition) is 2. The molecule has 0 atom stereocenters. The number of rotatable bonds is 4. The lowest BCUT2D eigenvalue weighted by Gasteiger charge is -2.09. The number of Topliss-reactive ketones (excluding diaryl/α,β-unsaturated/α-hetero) is 1. The number of aromatic nitrogens is 2. The Morgan fingerprint density at radius 3 is 2.57 bits per heavy atom. The van der Waals surface area contributed by atoms with Crippen molar-refractivity contribution in [2.75, 3.05) is 0 Å². The highest BCUT2D eigenvalue weighted by Gasteiger charge is 2.14. The average Bonchev–Trinajstić information content (AvgIpc) is 2.86. The molecule has 3 nitrogen and oxygen atoms in total. The first-order valence-corrected chi connectivity index (χ1v) is 7.23. The van der Waals surface area contributed by atoms with Crippen LogP contribution in [-0.2, 0) is 13.0 Å². The molecule has 0 spiro atoms. The SMILES string of the molecule is CCc1nc2ccccc2n1CC(=O)c1ccccc1C. The summed E-state index contributed by atoms with van der Waals surface area (Å²) in [5.41, 5.74) is 3.78. The Kier molecular flexibility index (Phi) is 3.57. The van der Waals surface area contributed by atoms with E-state index in [-0.39, 0.29) is 5.78 Å². The summed E-state index contributed by atoms with van der Waals surface area (Å²) in [7, 11) is 0. The highest BCUT2D eigenvalue weighted by Crippen LogP contribution is 2.18. The van der Waals surface area contributed by atoms with Crippen molar-refractivity contribution < 1.29 is 4.79 Å². The fraction of sp³-hybridized carbons (Fsp3) is 0.222. The molecule has 0 N–H and O–H groups in total. The summed E-state index contributed by atoms with van der Waals surface area (Å²) in [4.78, 5) is 17.2. The first-order valence-electron chi connectivity index (χ1n) is 7.23. The summed E-state index contributed by atoms with van der Waals surface area (Å²) >= 11 is 0. The smallest absolute Gasteiger partial charge is 0.182 e. The molecule has 0 aliphatic heterocycles. The van der Waals surface area contributed by atoms with Crippen molar-refractivity contribution in [1.82, 2.24) is 9.55 Å². The number of benzene rings is 2. The number of carbonyl (C=O) groups excluding carboxylic acids is 1. The molecule has 2 aromatic carbocycles. The van der Waals surface area contributed by atoms with Gasteiger partial charge in [0, 0.05) is 12.0 Å². The van der Waals surface area contributed by atoms with E-state index in [1.165, 1.54) is 0 Å². The first kappa shape index (κ1) is 13.6. The summed E-state index contributed by atoms with van der Waals surface area (Å²) in [6.45, 7) is 4.38. The topological polar surface area (TPSA) is 34.9 Å². The van der Waals surface area contributed by atoms with Gasteiger partial charge in [-0.3, -0.25) is 4.79 Å². The molecule has 0 aliphatic carbocycles. The minimum atomic E-state index is 0.131. The largest absolute Gasteiger partial charge is 0.320 e. The minimum Gasteiger partial charge on any atom is -0.320 e. The van der Waals surface area contributed by atoms with Crippen molar-refractivity contribution in [3.05, 3.63) is 65.5 Å². The third kappa shape index (κ3) is 2.47. The van der Waals surface area contributed by atoms with E-state index in [4.69, 9.17) is 0 Å². The van der Waals surface area contributed by atoms with Crippen molar-refractivity contribution in [2.45, 2.75) is 26.8 Å². The van der Waals surface area contributed by atoms with E-state index < -0.39 is 0 Å². The van der Waals surface area contributed by atoms with Gasteiger partial charge >= 0.3 is 0 Å². The average molecular weight is 278 g/mol. The molecule has 3 heteroatoms. The lowest BCUT2D eigenvalue weighted by molar-refractivity contribution is 0.0972. The Hall–Kier alpha value is -2.42. The third-order valence-corrected chi connectivity index (χ3v) is 3.80. The highest BCUT2D eigenvalue weighted by atomic mass is 16.1. The van der Waals surface area contributed by atoms with Crippen LogP contribution >= 0.6 is 0 Å². The lowest BCUT2D eigenvalue weighted by Crippen LogP contribution is -2.13. The number of fused-ring (bicyclic) bond motifs is 1. The van der Waals surface area contributed by atoms with E-state index in [1.54, 1.807) is 0 Å². The van der Waals surface area contributed by atoms with Crippen LogP contribution in [0.2, 0.25) is 0 Å². The van der Waals surface area contributed by atoms with Gasteiger partial charge in [-0.05, 0) is 24.6 Å². The molecule has 3 rings (SSSR count). The first-order chi connectivity index (χ1) is 10.2. The molecule has 0 bridgehead atoms. The summed E-state index contributed by atoms with van der Waals surface area (Å²) in [6.07, 6.45) is 0.815. The molecule has 1 aromatic heterocycles. The minimum absolute atomic E-state index is 0.131. The van der Waals surface area contributed by atoms with Crippen LogP contribution in [0.4, 0.5) is 0 Å². The van der Waals surface area contributed by atoms with Gasteiger partial charge in [-0.2, -0.15) is 0 Å². The van der Waals surface area contributed by atoms with E-state index in [0.29, 0.717) is 6.54 Å². The van der Waals surface area contributed by atoms with E-state index in [9.17, 15) is 4.79 Å². The standard InChI is InChI=1S/C18H18N2O/c1-3-18-19-15-10-6-7-11-16(15)20(18)12-17(21)14-9-5-4-8-13(14)2/h4-11H,3,12H2,1-2H3. The maximum atomic E-state index is 12.6. The lowest BCUT2D eigenvalue weighted by atomic mass is 10.0. The van der Waals surface area contributed by atoms with Crippen LogP contribution in [0.1, 0.15) is 28.7 Å². The highest BCUT2D eigenvalue weighted by molar-refractivity contribution is 5.98. The van der Waals surface area contributed by atoms with Crippen molar-refractivity contribution >= 4 is 16.8 Å². The monoisotopic (exact) mass is 278 g/mol. The third-order valence-electron chi connectivity index (χ3n) is 3.80. The van der Waals surface area contributed by atoms with Crippen molar-refractivity contribution in [2.24, 2.45) is 0 Å². The Balaban J connectivity index is 2.02. The van der Waals surface area contributed by atoms with Gasteiger partial charge in [0.1, 0.15) is 5.82 Å². The number of aryl methyl sites for hydroxylation is 2. The number of nitrogens with zero attached hydrogens (tertiary/aromatic N) is 2. The predicted octanol–water partition coefficient (Wildman–Crippen LogP) is 3.79. The number of para-hydroxylation sites is 2. The summed E-state index contributed by atoms with van der Waals surface area (Å²) in [6, 6.07) is 15.7. The molecule has 0 radical (unpaired) electrons. The zero-order chi connectivity index (χ0) is 14.8. The Labute approximate surface area is 124 Å². The van der Waals surface area contributed by atoms with Gasteiger partial charge in [-0.1, -0.05) is 43.3 Å². The summed E-state index contributed by atoms with van der Waals surface area (Å²) < 4.78 is 2.03. The van der Waals surface area contributed by atoms with Gasteiger partial charge in [0.2, 0.25) is 0 Å². The fourth-order valence-corrected chi connectivity index (χ4v) is 2.69. The van der Waals surface area contributed by atoms with Crippen LogP contribution < -0.4 is 0 Å². The van der Waals surface area contributed by atoms with Gasteiger partial charge < -0.3 is 4.57 Å². The molecule has 0 amide bonds. The van der Waals surface area contributed by atoms with Crippen LogP contribution in [0.3, 0.4) is 0 Å². The second-order valence-corrected chi connectivity index (χ2v) is 5.19. The van der Waals surface area contributed by atoms with Crippen LogP contribution in [0.25, 0.3) is 11.0 Å². The molecule has 0 unspecified atom stereocenters. The van der Waals surface area contributed by atoms with Crippen molar-refractivity contribution in [1.29, 1.82) is 0 Å². The van der Waals surface area contributed by atoms with E-state index in [2.05, 4.69) is 11.9 Å². The van der Waals surface area contributed by atoms with Gasteiger partial charge in [-0.15, -0.1) is 0 Å². The zero-order valence-electron chi connectivity index (χ0n) is 12.3. The van der Waals surface area contributed by atoms with E-state index in [0.717, 1.165) is 34.4 Å². The normalized spacial score (nSPS) is 11.0. The van der Waals surface area contributed by atoms with Crippen LogP contribution in [0.5, 0.6) is 0 Å². The number of hydrogen-bond donors (Lipinski definition) is 0. The molecule has 0 aliphatic rings. The second-order valence-electron chi connectivity index (χ2n) is 5.19. The molecule has 0 saturated carbocycles. The molecule has 106 valence electrons. The number of ketones is 1. The van der Waals surface area contributed by atoms with E-state index >= 15 is 0 Å². The Morgan fingerprint density at radius 2 is 1.81 bits per heavy atom. The molecule has 0 saturated heterocycles. The predicted molar refractivity (Wildman–Crippen MR) is 84.6 cm³/mol. The Morgan fingerprint density at radius 1 is 1.10 bits per heavy atom. The van der Waals surface area contributed by atoms with Gasteiger partial charge in [0.25, 0.3) is 0 Å². The second kappa shape index (κ2) is 5.52. The van der Waals surface area contributed by atoms with Gasteiger partial charge in [0.05, 0.1) is 17.6 Å². The zero-order valence-corrected chi connectivity index (χ0v) is 12.3. The number of imidazole rings is 1. The van der Waals surface area contributed by atoms with Gasteiger partial charge in [0.15, 0.2) is 5.78 Å². The van der Waals surface area contributed by atoms with Crippen molar-refractivity contribution in [3.63, 3.8) is 0 Å². The van der Waals surface area contributed by atoms with Gasteiger partial charge in [-0.25, -0.2) is 4.98 Å². The van der Waals surface area contributed by atoms with Crippen LogP contribution in [0.15, 0.2) is 48.5 Å². The molecular formula is C18H18N2O. The van der Waals surface area contributed by atoms with E-state index in [1.807, 2.05) is 60.0 Å². The maximum Gasteiger partial charge on any atom is 0.182 e. The molecule has 21 heavy (non-hydrogen) atoms. The molecular weight excluding hydrogens is 260 g/mol. The molecule has 0 fully saturated rings. The van der Waals surface area contributed by atoms with Crippen LogP contribution in [-0.4, -0.2) is 15.3 Å². The van der Waals surface area contributed by atoms with Crippen molar-refractivity contribution in [3.8, 4) is 0 Å².